The number of hydrogen-bond donors (Lipinski definition) is 3. The van der Waals surface area contributed by atoms with E-state index in [9.17, 15) is 14.7 Å². The number of fused-ring (bicyclic) bond motifs is 1. The van der Waals surface area contributed by atoms with Gasteiger partial charge in [-0.1, -0.05) is 38.4 Å². The Morgan fingerprint density at radius 3 is 2.69 bits per heavy atom. The quantitative estimate of drug-likeness (QED) is 0.559. The second kappa shape index (κ2) is 7.70. The van der Waals surface area contributed by atoms with E-state index in [1.807, 2.05) is 20.8 Å². The summed E-state index contributed by atoms with van der Waals surface area (Å²) in [5, 5.41) is 13.2. The van der Waals surface area contributed by atoms with Gasteiger partial charge >= 0.3 is 6.09 Å². The molecular weight excluding hydrogens is 467 g/mol. The van der Waals surface area contributed by atoms with E-state index < -0.39 is 28.8 Å². The van der Waals surface area contributed by atoms with Crippen molar-refractivity contribution in [1.29, 1.82) is 0 Å². The Hall–Kier alpha value is -1.97. The second-order valence-corrected chi connectivity index (χ2v) is 8.74. The molecule has 29 heavy (non-hydrogen) atoms. The summed E-state index contributed by atoms with van der Waals surface area (Å²) in [5.74, 6) is -1.16. The lowest BCUT2D eigenvalue weighted by Gasteiger charge is -2.53. The van der Waals surface area contributed by atoms with Gasteiger partial charge in [0.25, 0.3) is 5.91 Å². The molecule has 1 atom stereocenters. The van der Waals surface area contributed by atoms with Gasteiger partial charge in [0, 0.05) is 46.7 Å². The van der Waals surface area contributed by atoms with E-state index in [-0.39, 0.29) is 23.8 Å². The van der Waals surface area contributed by atoms with Crippen LogP contribution in [0.1, 0.15) is 36.8 Å². The van der Waals surface area contributed by atoms with Crippen LogP contribution in [0, 0.1) is 11.2 Å². The maximum absolute atomic E-state index is 15.5. The van der Waals surface area contributed by atoms with E-state index in [1.165, 1.54) is 23.1 Å². The summed E-state index contributed by atoms with van der Waals surface area (Å²) in [7, 11) is 0. The molecule has 1 aromatic heterocycles. The SMILES string of the molecule is CC(C)(C)C1(c2nc3cc(C(=O)NBr)ccc3c(Cl)c2F)CNCCN1C(=O)O. The standard InChI is InChI=1S/C19H21BrClFN4O3/c1-18(2,3)19(9-23-6-7-26(19)17(28)29)15-14(22)13(21)11-5-4-10(16(27)25-20)8-12(11)24-15/h4-5,8,23H,6-7,9H2,1-3H3,(H,25,27)(H,28,29). The van der Waals surface area contributed by atoms with Crippen molar-refractivity contribution in [2.45, 2.75) is 26.3 Å². The molecule has 1 fully saturated rings. The largest absolute Gasteiger partial charge is 0.465 e. The van der Waals surface area contributed by atoms with Crippen LogP contribution in [-0.4, -0.2) is 46.6 Å². The molecule has 2 heterocycles. The Morgan fingerprint density at radius 2 is 2.10 bits per heavy atom. The lowest BCUT2D eigenvalue weighted by Crippen LogP contribution is -2.66. The third kappa shape index (κ3) is 3.45. The number of hydrogen-bond acceptors (Lipinski definition) is 4. The van der Waals surface area contributed by atoms with Gasteiger partial charge in [0.15, 0.2) is 5.82 Å². The van der Waals surface area contributed by atoms with Gasteiger partial charge in [-0.05, 0) is 17.5 Å². The highest BCUT2D eigenvalue weighted by atomic mass is 79.9. The molecule has 0 radical (unpaired) electrons. The van der Waals surface area contributed by atoms with Crippen molar-refractivity contribution in [2.75, 3.05) is 19.6 Å². The minimum atomic E-state index is -1.30. The van der Waals surface area contributed by atoms with Crippen LogP contribution in [0.2, 0.25) is 5.02 Å². The fourth-order valence-electron chi connectivity index (χ4n) is 3.91. The molecule has 0 saturated carbocycles. The number of carboxylic acid groups (broad SMARTS) is 1. The van der Waals surface area contributed by atoms with Gasteiger partial charge in [-0.25, -0.2) is 14.2 Å². The number of pyridine rings is 1. The van der Waals surface area contributed by atoms with Gasteiger partial charge in [0.2, 0.25) is 0 Å². The molecule has 1 aliphatic rings. The predicted molar refractivity (Wildman–Crippen MR) is 112 cm³/mol. The molecule has 1 aliphatic heterocycles. The Kier molecular flexibility index (Phi) is 5.77. The van der Waals surface area contributed by atoms with Crippen molar-refractivity contribution in [2.24, 2.45) is 5.41 Å². The zero-order chi connectivity index (χ0) is 21.6. The number of carbonyl (C=O) groups excluding carboxylic acids is 1. The number of piperazine rings is 1. The summed E-state index contributed by atoms with van der Waals surface area (Å²) >= 11 is 9.24. The Labute approximate surface area is 180 Å². The fraction of sp³-hybridized carbons (Fsp3) is 0.421. The van der Waals surface area contributed by atoms with E-state index in [2.05, 4.69) is 30.8 Å². The minimum absolute atomic E-state index is 0.0616. The summed E-state index contributed by atoms with van der Waals surface area (Å²) in [4.78, 5) is 29.8. The van der Waals surface area contributed by atoms with Crippen molar-refractivity contribution < 1.29 is 19.1 Å². The summed E-state index contributed by atoms with van der Waals surface area (Å²) in [5.41, 5.74) is -1.47. The third-order valence-corrected chi connectivity index (χ3v) is 6.16. The normalized spacial score (nSPS) is 20.0. The Morgan fingerprint density at radius 1 is 1.41 bits per heavy atom. The van der Waals surface area contributed by atoms with Gasteiger partial charge in [-0.2, -0.15) is 0 Å². The molecule has 2 aromatic rings. The number of benzene rings is 1. The third-order valence-electron chi connectivity index (χ3n) is 5.43. The van der Waals surface area contributed by atoms with Crippen molar-refractivity contribution in [1.82, 2.24) is 19.5 Å². The van der Waals surface area contributed by atoms with Crippen LogP contribution >= 0.6 is 27.7 Å². The average molecular weight is 488 g/mol. The van der Waals surface area contributed by atoms with Crippen LogP contribution in [0.4, 0.5) is 9.18 Å². The number of rotatable bonds is 2. The average Bonchev–Trinajstić information content (AvgIpc) is 2.68. The van der Waals surface area contributed by atoms with E-state index in [1.54, 1.807) is 0 Å². The lowest BCUT2D eigenvalue weighted by molar-refractivity contribution is -0.0235. The molecular formula is C19H21BrClFN4O3. The second-order valence-electron chi connectivity index (χ2n) is 7.97. The zero-order valence-corrected chi connectivity index (χ0v) is 18.5. The predicted octanol–water partition coefficient (Wildman–Crippen LogP) is 3.89. The summed E-state index contributed by atoms with van der Waals surface area (Å²) in [6.45, 7) is 6.31. The van der Waals surface area contributed by atoms with Gasteiger partial charge < -0.3 is 10.4 Å². The molecule has 2 amide bonds. The molecule has 1 unspecified atom stereocenters. The highest BCUT2D eigenvalue weighted by Gasteiger charge is 2.54. The molecule has 0 spiro atoms. The first-order valence-electron chi connectivity index (χ1n) is 8.96. The smallest absolute Gasteiger partial charge is 0.408 e. The van der Waals surface area contributed by atoms with Crippen LogP contribution in [-0.2, 0) is 5.54 Å². The molecule has 3 N–H and O–H groups in total. The molecule has 10 heteroatoms. The molecule has 0 aliphatic carbocycles. The first-order valence-corrected chi connectivity index (χ1v) is 10.1. The minimum Gasteiger partial charge on any atom is -0.465 e. The molecule has 0 bridgehead atoms. The summed E-state index contributed by atoms with van der Waals surface area (Å²) < 4.78 is 17.9. The maximum atomic E-state index is 15.5. The number of halogens is 3. The van der Waals surface area contributed by atoms with E-state index in [4.69, 9.17) is 11.6 Å². The van der Waals surface area contributed by atoms with E-state index in [0.29, 0.717) is 23.0 Å². The Bertz CT molecular complexity index is 998. The van der Waals surface area contributed by atoms with Crippen LogP contribution in [0.3, 0.4) is 0 Å². The highest BCUT2D eigenvalue weighted by molar-refractivity contribution is 9.08. The van der Waals surface area contributed by atoms with Crippen molar-refractivity contribution in [3.8, 4) is 0 Å². The van der Waals surface area contributed by atoms with Crippen LogP contribution in [0.25, 0.3) is 10.9 Å². The fourth-order valence-corrected chi connectivity index (χ4v) is 4.39. The number of nitrogens with zero attached hydrogens (tertiary/aromatic N) is 2. The molecule has 1 saturated heterocycles. The maximum Gasteiger partial charge on any atom is 0.408 e. The summed E-state index contributed by atoms with van der Waals surface area (Å²) in [6, 6.07) is 4.53. The van der Waals surface area contributed by atoms with Gasteiger partial charge in [-0.3, -0.25) is 14.0 Å². The number of carbonyl (C=O) groups is 2. The molecule has 3 rings (SSSR count). The molecule has 156 valence electrons. The number of aromatic nitrogens is 1. The van der Waals surface area contributed by atoms with Crippen molar-refractivity contribution in [3.05, 3.63) is 40.3 Å². The zero-order valence-electron chi connectivity index (χ0n) is 16.1. The van der Waals surface area contributed by atoms with E-state index in [0.717, 1.165) is 0 Å². The van der Waals surface area contributed by atoms with Gasteiger partial charge in [0.1, 0.15) is 11.2 Å². The van der Waals surface area contributed by atoms with Crippen molar-refractivity contribution in [3.63, 3.8) is 0 Å². The van der Waals surface area contributed by atoms with Crippen LogP contribution in [0.5, 0.6) is 0 Å². The first-order chi connectivity index (χ1) is 13.5. The van der Waals surface area contributed by atoms with Gasteiger partial charge in [-0.15, -0.1) is 0 Å². The highest BCUT2D eigenvalue weighted by Crippen LogP contribution is 2.47. The van der Waals surface area contributed by atoms with Crippen LogP contribution < -0.4 is 9.66 Å². The first kappa shape index (κ1) is 21.7. The number of amides is 2. The van der Waals surface area contributed by atoms with Crippen molar-refractivity contribution >= 4 is 50.7 Å². The monoisotopic (exact) mass is 486 g/mol. The summed E-state index contributed by atoms with van der Waals surface area (Å²) in [6.07, 6.45) is -1.16. The molecule has 1 aromatic carbocycles. The molecule has 7 nitrogen and oxygen atoms in total. The lowest BCUT2D eigenvalue weighted by atomic mass is 9.68. The van der Waals surface area contributed by atoms with Crippen LogP contribution in [0.15, 0.2) is 18.2 Å². The number of nitrogens with one attached hydrogen (secondary N) is 2. The van der Waals surface area contributed by atoms with E-state index >= 15 is 4.39 Å². The van der Waals surface area contributed by atoms with Gasteiger partial charge in [0.05, 0.1) is 10.5 Å². The Balaban J connectivity index is 2.36. The topological polar surface area (TPSA) is 94.6 Å².